The van der Waals surface area contributed by atoms with Crippen LogP contribution in [0.5, 0.6) is 0 Å². The minimum Gasteiger partial charge on any atom is -0.325 e. The molecule has 1 N–H and O–H groups in total. The largest absolute Gasteiger partial charge is 0.325 e. The van der Waals surface area contributed by atoms with Crippen LogP contribution in [0.15, 0.2) is 47.6 Å². The molecular weight excluding hydrogens is 386 g/mol. The van der Waals surface area contributed by atoms with Gasteiger partial charge in [0.1, 0.15) is 0 Å². The average Bonchev–Trinajstić information content (AvgIpc) is 3.20. The first kappa shape index (κ1) is 17.4. The fourth-order valence-electron chi connectivity index (χ4n) is 2.72. The van der Waals surface area contributed by atoms with Gasteiger partial charge in [-0.2, -0.15) is 0 Å². The molecule has 0 radical (unpaired) electrons. The Kier molecular flexibility index (Phi) is 4.50. The van der Waals surface area contributed by atoms with Gasteiger partial charge in [-0.1, -0.05) is 41.3 Å². The molecular formula is C17H13N5O3S2. The second-order valence-corrected chi connectivity index (χ2v) is 7.67. The predicted molar refractivity (Wildman–Crippen MR) is 106 cm³/mol. The third-order valence-electron chi connectivity index (χ3n) is 4.02. The van der Waals surface area contributed by atoms with Crippen molar-refractivity contribution in [3.8, 4) is 0 Å². The maximum absolute atomic E-state index is 12.3. The van der Waals surface area contributed by atoms with Crippen LogP contribution in [0.1, 0.15) is 5.56 Å². The number of hydrogen-bond acceptors (Lipinski definition) is 7. The molecule has 0 aliphatic heterocycles. The predicted octanol–water partition coefficient (Wildman–Crippen LogP) is 3.89. The van der Waals surface area contributed by atoms with Crippen molar-refractivity contribution in [1.29, 1.82) is 0 Å². The summed E-state index contributed by atoms with van der Waals surface area (Å²) in [5.41, 5.74) is 1.83. The Labute approximate surface area is 161 Å². The van der Waals surface area contributed by atoms with E-state index in [1.165, 1.54) is 29.2 Å². The molecule has 2 aromatic heterocycles. The van der Waals surface area contributed by atoms with E-state index in [-0.39, 0.29) is 17.3 Å². The highest BCUT2D eigenvalue weighted by Crippen LogP contribution is 2.30. The van der Waals surface area contributed by atoms with Gasteiger partial charge in [-0.25, -0.2) is 0 Å². The zero-order valence-corrected chi connectivity index (χ0v) is 15.7. The van der Waals surface area contributed by atoms with Gasteiger partial charge in [-0.3, -0.25) is 19.3 Å². The molecule has 8 nitrogen and oxygen atoms in total. The third kappa shape index (κ3) is 3.24. The van der Waals surface area contributed by atoms with Gasteiger partial charge in [0.25, 0.3) is 5.69 Å². The molecule has 0 saturated heterocycles. The van der Waals surface area contributed by atoms with Crippen LogP contribution in [0.25, 0.3) is 15.2 Å². The van der Waals surface area contributed by atoms with Crippen molar-refractivity contribution < 1.29 is 9.72 Å². The van der Waals surface area contributed by atoms with E-state index in [9.17, 15) is 14.9 Å². The summed E-state index contributed by atoms with van der Waals surface area (Å²) in [6.07, 6.45) is 0. The first-order chi connectivity index (χ1) is 13.0. The zero-order valence-electron chi connectivity index (χ0n) is 14.1. The second-order valence-electron chi connectivity index (χ2n) is 5.71. The van der Waals surface area contributed by atoms with Gasteiger partial charge >= 0.3 is 0 Å². The lowest BCUT2D eigenvalue weighted by Gasteiger charge is -2.08. The number of rotatable bonds is 5. The molecule has 0 unspecified atom stereocenters. The van der Waals surface area contributed by atoms with Gasteiger partial charge in [0, 0.05) is 6.07 Å². The Hall–Kier alpha value is -2.98. The molecule has 4 rings (SSSR count). The van der Waals surface area contributed by atoms with Crippen LogP contribution in [0.4, 0.5) is 11.4 Å². The standard InChI is InChI=1S/C17H13N5O3S2/c1-10-11(5-4-7-12(10)22(24)25)18-15(23)9-26-16-19-20-17-21(16)13-6-2-3-8-14(13)27-17/h2-8H,9H2,1H3,(H,18,23). The highest BCUT2D eigenvalue weighted by Gasteiger charge is 2.17. The molecule has 0 saturated carbocycles. The molecule has 27 heavy (non-hydrogen) atoms. The van der Waals surface area contributed by atoms with Crippen molar-refractivity contribution in [1.82, 2.24) is 14.6 Å². The molecule has 1 amide bonds. The van der Waals surface area contributed by atoms with Gasteiger partial charge < -0.3 is 5.32 Å². The van der Waals surface area contributed by atoms with Gasteiger partial charge in [-0.15, -0.1) is 10.2 Å². The number of carbonyl (C=O) groups excluding carboxylic acids is 1. The number of aromatic nitrogens is 3. The maximum atomic E-state index is 12.3. The average molecular weight is 399 g/mol. The van der Waals surface area contributed by atoms with Crippen molar-refractivity contribution in [3.63, 3.8) is 0 Å². The van der Waals surface area contributed by atoms with Crippen LogP contribution in [0.3, 0.4) is 0 Å². The minimum absolute atomic E-state index is 0.0237. The number of thioether (sulfide) groups is 1. The fourth-order valence-corrected chi connectivity index (χ4v) is 4.49. The van der Waals surface area contributed by atoms with E-state index in [0.717, 1.165) is 15.2 Å². The minimum atomic E-state index is -0.464. The monoisotopic (exact) mass is 399 g/mol. The molecule has 0 aliphatic rings. The van der Waals surface area contributed by atoms with Gasteiger partial charge in [0.05, 0.1) is 32.1 Å². The molecule has 136 valence electrons. The number of anilines is 1. The van der Waals surface area contributed by atoms with Crippen molar-refractivity contribution in [2.75, 3.05) is 11.1 Å². The summed E-state index contributed by atoms with van der Waals surface area (Å²) in [5.74, 6) is -0.146. The molecule has 2 heterocycles. The van der Waals surface area contributed by atoms with Gasteiger partial charge in [0.15, 0.2) is 5.16 Å². The Bertz CT molecular complexity index is 1180. The number of hydrogen-bond donors (Lipinski definition) is 1. The summed E-state index contributed by atoms with van der Waals surface area (Å²) in [6.45, 7) is 1.61. The summed E-state index contributed by atoms with van der Waals surface area (Å²) in [4.78, 5) is 23.6. The number of amides is 1. The van der Waals surface area contributed by atoms with Crippen molar-refractivity contribution >= 4 is 55.6 Å². The van der Waals surface area contributed by atoms with Crippen LogP contribution < -0.4 is 5.32 Å². The van der Waals surface area contributed by atoms with E-state index in [0.29, 0.717) is 16.4 Å². The fraction of sp³-hybridized carbons (Fsp3) is 0.118. The molecule has 0 spiro atoms. The number of nitro benzene ring substituents is 1. The van der Waals surface area contributed by atoms with E-state index in [4.69, 9.17) is 0 Å². The second kappa shape index (κ2) is 6.97. The van der Waals surface area contributed by atoms with Crippen LogP contribution >= 0.6 is 23.1 Å². The summed E-state index contributed by atoms with van der Waals surface area (Å²) in [6, 6.07) is 12.5. The first-order valence-corrected chi connectivity index (χ1v) is 9.74. The highest BCUT2D eigenvalue weighted by atomic mass is 32.2. The number of thiazole rings is 1. The maximum Gasteiger partial charge on any atom is 0.274 e. The lowest BCUT2D eigenvalue weighted by molar-refractivity contribution is -0.385. The molecule has 0 bridgehead atoms. The Balaban J connectivity index is 1.51. The number of nitrogens with zero attached hydrogens (tertiary/aromatic N) is 4. The first-order valence-electron chi connectivity index (χ1n) is 7.94. The number of nitro groups is 1. The number of carbonyl (C=O) groups is 1. The smallest absolute Gasteiger partial charge is 0.274 e. The molecule has 0 atom stereocenters. The zero-order chi connectivity index (χ0) is 19.0. The summed E-state index contributed by atoms with van der Waals surface area (Å²) in [7, 11) is 0. The molecule has 0 fully saturated rings. The van der Waals surface area contributed by atoms with E-state index in [1.54, 1.807) is 19.1 Å². The van der Waals surface area contributed by atoms with Crippen LogP contribution in [-0.4, -0.2) is 31.2 Å². The molecule has 2 aromatic carbocycles. The number of benzene rings is 2. The van der Waals surface area contributed by atoms with Crippen molar-refractivity contribution in [2.45, 2.75) is 12.1 Å². The molecule has 4 aromatic rings. The highest BCUT2D eigenvalue weighted by molar-refractivity contribution is 7.99. The quantitative estimate of drug-likeness (QED) is 0.310. The van der Waals surface area contributed by atoms with Gasteiger partial charge in [-0.05, 0) is 25.1 Å². The van der Waals surface area contributed by atoms with E-state index < -0.39 is 4.92 Å². The van der Waals surface area contributed by atoms with E-state index >= 15 is 0 Å². The lowest BCUT2D eigenvalue weighted by atomic mass is 10.1. The van der Waals surface area contributed by atoms with Crippen molar-refractivity contribution in [2.24, 2.45) is 0 Å². The van der Waals surface area contributed by atoms with Crippen LogP contribution in [-0.2, 0) is 4.79 Å². The van der Waals surface area contributed by atoms with Gasteiger partial charge in [0.2, 0.25) is 10.9 Å². The van der Waals surface area contributed by atoms with Crippen molar-refractivity contribution in [3.05, 3.63) is 58.1 Å². The Morgan fingerprint density at radius 3 is 2.89 bits per heavy atom. The van der Waals surface area contributed by atoms with E-state index in [1.807, 2.05) is 28.7 Å². The third-order valence-corrected chi connectivity index (χ3v) is 5.96. The Morgan fingerprint density at radius 2 is 2.07 bits per heavy atom. The number of nitrogens with one attached hydrogen (secondary N) is 1. The molecule has 10 heteroatoms. The van der Waals surface area contributed by atoms with Crippen LogP contribution in [0.2, 0.25) is 0 Å². The van der Waals surface area contributed by atoms with E-state index in [2.05, 4.69) is 15.5 Å². The molecule has 0 aliphatic carbocycles. The summed E-state index contributed by atoms with van der Waals surface area (Å²) < 4.78 is 3.03. The SMILES string of the molecule is Cc1c(NC(=O)CSc2nnc3sc4ccccc4n23)cccc1[N+](=O)[O-]. The number of fused-ring (bicyclic) bond motifs is 3. The lowest BCUT2D eigenvalue weighted by Crippen LogP contribution is -2.15. The normalized spacial score (nSPS) is 11.1. The summed E-state index contributed by atoms with van der Waals surface area (Å²) in [5, 5.41) is 22.7. The topological polar surface area (TPSA) is 102 Å². The van der Waals surface area contributed by atoms with Crippen LogP contribution in [0, 0.1) is 17.0 Å². The number of para-hydroxylation sites is 1. The Morgan fingerprint density at radius 1 is 1.26 bits per heavy atom. The summed E-state index contributed by atoms with van der Waals surface area (Å²) >= 11 is 2.81.